The van der Waals surface area contributed by atoms with Gasteiger partial charge in [-0.2, -0.15) is 0 Å². The summed E-state index contributed by atoms with van der Waals surface area (Å²) in [5.74, 6) is -0.991. The lowest BCUT2D eigenvalue weighted by Crippen LogP contribution is -2.53. The van der Waals surface area contributed by atoms with E-state index in [0.29, 0.717) is 35.8 Å². The van der Waals surface area contributed by atoms with Crippen molar-refractivity contribution >= 4 is 47.1 Å². The second kappa shape index (κ2) is 13.5. The summed E-state index contributed by atoms with van der Waals surface area (Å²) >= 11 is 12.6. The molecule has 4 amide bonds. The van der Waals surface area contributed by atoms with Crippen molar-refractivity contribution in [3.05, 3.63) is 92.7 Å². The molecule has 0 aliphatic carbocycles. The van der Waals surface area contributed by atoms with E-state index in [1.54, 1.807) is 30.3 Å². The molecule has 0 bridgehead atoms. The second-order valence-electron chi connectivity index (χ2n) is 9.00. The summed E-state index contributed by atoms with van der Waals surface area (Å²) in [7, 11) is 0. The van der Waals surface area contributed by atoms with Crippen molar-refractivity contribution in [2.75, 3.05) is 13.2 Å². The van der Waals surface area contributed by atoms with Gasteiger partial charge in [-0.3, -0.25) is 19.8 Å². The van der Waals surface area contributed by atoms with E-state index in [0.717, 1.165) is 11.3 Å². The van der Waals surface area contributed by atoms with Crippen LogP contribution < -0.4 is 19.5 Å². The standard InChI is InChI=1S/C30H27Cl2FN2O6/c1-3-10-40-25-9-8-18(12-26(25)39-4-2)16-35-29(37)23(28(36)34-30(35)38)14-20-13-21(31)15-24(32)27(20)41-17-19-6-5-7-22(33)11-19/h5-9,11-15H,3-4,10,16-17H2,1-2H3,(H,34,36,38)/b23-14+. The van der Waals surface area contributed by atoms with Gasteiger partial charge in [-0.1, -0.05) is 48.3 Å². The van der Waals surface area contributed by atoms with Gasteiger partial charge in [0.15, 0.2) is 11.5 Å². The van der Waals surface area contributed by atoms with Crippen LogP contribution in [0.5, 0.6) is 17.2 Å². The molecule has 1 heterocycles. The molecule has 4 rings (SSSR count). The molecule has 1 N–H and O–H groups in total. The molecule has 0 aromatic heterocycles. The Labute approximate surface area is 246 Å². The van der Waals surface area contributed by atoms with Crippen molar-refractivity contribution in [1.82, 2.24) is 10.2 Å². The molecule has 0 saturated carbocycles. The maximum Gasteiger partial charge on any atom is 0.331 e. The zero-order valence-electron chi connectivity index (χ0n) is 22.3. The number of ether oxygens (including phenoxy) is 3. The van der Waals surface area contributed by atoms with Crippen molar-refractivity contribution in [3.8, 4) is 17.2 Å². The van der Waals surface area contributed by atoms with Crippen LogP contribution in [0, 0.1) is 5.82 Å². The molecule has 3 aromatic rings. The quantitative estimate of drug-likeness (QED) is 0.198. The van der Waals surface area contributed by atoms with Gasteiger partial charge in [0, 0.05) is 10.6 Å². The summed E-state index contributed by atoms with van der Waals surface area (Å²) in [6, 6.07) is 13.0. The Kier molecular flexibility index (Phi) is 9.86. The molecule has 1 aliphatic rings. The average Bonchev–Trinajstić information content (AvgIpc) is 2.92. The predicted octanol–water partition coefficient (Wildman–Crippen LogP) is 6.56. The number of halogens is 3. The Morgan fingerprint density at radius 1 is 0.927 bits per heavy atom. The van der Waals surface area contributed by atoms with E-state index < -0.39 is 23.7 Å². The first-order valence-electron chi connectivity index (χ1n) is 12.8. The highest BCUT2D eigenvalue weighted by Crippen LogP contribution is 2.35. The zero-order chi connectivity index (χ0) is 29.5. The molecular formula is C30H27Cl2FN2O6. The fourth-order valence-corrected chi connectivity index (χ4v) is 4.61. The molecule has 0 atom stereocenters. The SMILES string of the molecule is CCCOc1ccc(CN2C(=O)NC(=O)/C(=C\c3cc(Cl)cc(Cl)c3OCc3cccc(F)c3)C2=O)cc1OCC. The molecule has 41 heavy (non-hydrogen) atoms. The molecule has 8 nitrogen and oxygen atoms in total. The molecule has 0 radical (unpaired) electrons. The van der Waals surface area contributed by atoms with Gasteiger partial charge >= 0.3 is 6.03 Å². The number of amides is 4. The number of nitrogens with one attached hydrogen (secondary N) is 1. The summed E-state index contributed by atoms with van der Waals surface area (Å²) in [5, 5.41) is 2.54. The number of carbonyl (C=O) groups excluding carboxylic acids is 3. The lowest BCUT2D eigenvalue weighted by molar-refractivity contribution is -0.130. The molecule has 1 aliphatic heterocycles. The molecule has 3 aromatic carbocycles. The molecule has 1 saturated heterocycles. The number of urea groups is 1. The molecule has 11 heteroatoms. The van der Waals surface area contributed by atoms with Crippen LogP contribution in [0.4, 0.5) is 9.18 Å². The first kappa shape index (κ1) is 29.9. The van der Waals surface area contributed by atoms with Crippen molar-refractivity contribution in [2.45, 2.75) is 33.4 Å². The van der Waals surface area contributed by atoms with E-state index in [9.17, 15) is 18.8 Å². The zero-order valence-corrected chi connectivity index (χ0v) is 23.9. The van der Waals surface area contributed by atoms with Gasteiger partial charge in [0.2, 0.25) is 0 Å². The van der Waals surface area contributed by atoms with Gasteiger partial charge in [0.25, 0.3) is 11.8 Å². The second-order valence-corrected chi connectivity index (χ2v) is 9.84. The van der Waals surface area contributed by atoms with Crippen molar-refractivity contribution < 1.29 is 33.0 Å². The van der Waals surface area contributed by atoms with Crippen LogP contribution in [-0.2, 0) is 22.7 Å². The van der Waals surface area contributed by atoms with Crippen LogP contribution in [0.3, 0.4) is 0 Å². The minimum absolute atomic E-state index is 0.0415. The van der Waals surface area contributed by atoms with E-state index in [-0.39, 0.29) is 40.1 Å². The number of imide groups is 2. The smallest absolute Gasteiger partial charge is 0.331 e. The number of barbiturate groups is 1. The highest BCUT2D eigenvalue weighted by Gasteiger charge is 2.36. The predicted molar refractivity (Wildman–Crippen MR) is 153 cm³/mol. The van der Waals surface area contributed by atoms with Crippen LogP contribution in [0.2, 0.25) is 10.0 Å². The summed E-state index contributed by atoms with van der Waals surface area (Å²) in [5.41, 5.74) is 1.02. The van der Waals surface area contributed by atoms with Crippen molar-refractivity contribution in [2.24, 2.45) is 0 Å². The van der Waals surface area contributed by atoms with Crippen molar-refractivity contribution in [1.29, 1.82) is 0 Å². The highest BCUT2D eigenvalue weighted by molar-refractivity contribution is 6.36. The third kappa shape index (κ3) is 7.36. The molecular weight excluding hydrogens is 574 g/mol. The minimum atomic E-state index is -0.887. The summed E-state index contributed by atoms with van der Waals surface area (Å²) in [4.78, 5) is 39.8. The van der Waals surface area contributed by atoms with Crippen LogP contribution in [0.25, 0.3) is 6.08 Å². The number of benzene rings is 3. The topological polar surface area (TPSA) is 94.2 Å². The number of nitrogens with zero attached hydrogens (tertiary/aromatic N) is 1. The lowest BCUT2D eigenvalue weighted by Gasteiger charge is -2.27. The lowest BCUT2D eigenvalue weighted by atomic mass is 10.1. The third-order valence-corrected chi connectivity index (χ3v) is 6.40. The maximum atomic E-state index is 13.6. The van der Waals surface area contributed by atoms with E-state index in [4.69, 9.17) is 37.4 Å². The average molecular weight is 601 g/mol. The van der Waals surface area contributed by atoms with Gasteiger partial charge < -0.3 is 14.2 Å². The van der Waals surface area contributed by atoms with Gasteiger partial charge in [0.05, 0.1) is 24.8 Å². The molecule has 0 unspecified atom stereocenters. The maximum absolute atomic E-state index is 13.6. The largest absolute Gasteiger partial charge is 0.490 e. The van der Waals surface area contributed by atoms with E-state index in [1.165, 1.54) is 30.3 Å². The monoisotopic (exact) mass is 600 g/mol. The van der Waals surface area contributed by atoms with Gasteiger partial charge in [-0.15, -0.1) is 0 Å². The first-order valence-corrected chi connectivity index (χ1v) is 13.6. The number of hydrogen-bond acceptors (Lipinski definition) is 6. The van der Waals surface area contributed by atoms with E-state index >= 15 is 0 Å². The van der Waals surface area contributed by atoms with Crippen LogP contribution in [0.1, 0.15) is 37.0 Å². The normalized spacial score (nSPS) is 14.3. The molecule has 0 spiro atoms. The van der Waals surface area contributed by atoms with Crippen LogP contribution >= 0.6 is 23.2 Å². The van der Waals surface area contributed by atoms with Crippen LogP contribution in [-0.4, -0.2) is 36.0 Å². The summed E-state index contributed by atoms with van der Waals surface area (Å²) in [6.07, 6.45) is 2.07. The van der Waals surface area contributed by atoms with Crippen molar-refractivity contribution in [3.63, 3.8) is 0 Å². The Morgan fingerprint density at radius 3 is 2.46 bits per heavy atom. The third-order valence-electron chi connectivity index (χ3n) is 5.91. The van der Waals surface area contributed by atoms with Gasteiger partial charge in [-0.25, -0.2) is 9.18 Å². The fraction of sp³-hybridized carbons (Fsp3) is 0.233. The number of carbonyl (C=O) groups is 3. The highest BCUT2D eigenvalue weighted by atomic mass is 35.5. The van der Waals surface area contributed by atoms with E-state index in [1.807, 2.05) is 13.8 Å². The fourth-order valence-electron chi connectivity index (χ4n) is 4.05. The molecule has 214 valence electrons. The first-order chi connectivity index (χ1) is 19.7. The van der Waals surface area contributed by atoms with Gasteiger partial charge in [0.1, 0.15) is 23.7 Å². The Bertz CT molecular complexity index is 1510. The summed E-state index contributed by atoms with van der Waals surface area (Å²) in [6.45, 7) is 4.53. The summed E-state index contributed by atoms with van der Waals surface area (Å²) < 4.78 is 30.9. The Hall–Kier alpha value is -4.08. The Morgan fingerprint density at radius 2 is 1.73 bits per heavy atom. The van der Waals surface area contributed by atoms with Gasteiger partial charge in [-0.05, 0) is 66.9 Å². The van der Waals surface area contributed by atoms with E-state index in [2.05, 4.69) is 5.32 Å². The minimum Gasteiger partial charge on any atom is -0.490 e. The molecule has 1 fully saturated rings. The number of rotatable bonds is 11. The Balaban J connectivity index is 1.63. The van der Waals surface area contributed by atoms with Crippen LogP contribution in [0.15, 0.2) is 60.2 Å². The number of hydrogen-bond donors (Lipinski definition) is 1.